The van der Waals surface area contributed by atoms with Gasteiger partial charge < -0.3 is 4.90 Å². The smallest absolute Gasteiger partial charge is 0.214 e. The number of nitrogens with zero attached hydrogens (tertiary/aromatic N) is 2. The molecule has 2 heterocycles. The summed E-state index contributed by atoms with van der Waals surface area (Å²) in [6, 6.07) is 0.214. The van der Waals surface area contributed by atoms with Gasteiger partial charge in [-0.3, -0.25) is 4.99 Å². The summed E-state index contributed by atoms with van der Waals surface area (Å²) >= 11 is 0. The van der Waals surface area contributed by atoms with Crippen molar-refractivity contribution in [3.8, 4) is 0 Å². The highest BCUT2D eigenvalue weighted by Gasteiger charge is 2.42. The number of allylic oxidation sites excluding steroid dienone is 1. The maximum Gasteiger partial charge on any atom is 0.214 e. The summed E-state index contributed by atoms with van der Waals surface area (Å²) in [7, 11) is -3.11. The second-order valence-corrected chi connectivity index (χ2v) is 11.5. The predicted molar refractivity (Wildman–Crippen MR) is 108 cm³/mol. The highest BCUT2D eigenvalue weighted by molar-refractivity contribution is 7.90. The van der Waals surface area contributed by atoms with Crippen LogP contribution in [0.1, 0.15) is 67.2 Å². The topological polar surface area (TPSA) is 61.8 Å². The van der Waals surface area contributed by atoms with Crippen LogP contribution in [0.5, 0.6) is 0 Å². The third kappa shape index (κ3) is 3.86. The molecule has 2 fully saturated rings. The van der Waals surface area contributed by atoms with Gasteiger partial charge in [-0.1, -0.05) is 41.5 Å². The molecule has 5 nitrogen and oxygen atoms in total. The normalized spacial score (nSPS) is 27.2. The molecular weight excluding hydrogens is 346 g/mol. The quantitative estimate of drug-likeness (QED) is 0.765. The number of aliphatic imine (C=N–C) groups is 1. The molecular formula is C20H35N3O2S. The summed E-state index contributed by atoms with van der Waals surface area (Å²) in [5, 5.41) is -0.144. The Morgan fingerprint density at radius 2 is 1.92 bits per heavy atom. The van der Waals surface area contributed by atoms with Crippen LogP contribution in [-0.2, 0) is 10.0 Å². The molecule has 1 saturated carbocycles. The second kappa shape index (κ2) is 6.93. The SMILES string of the molecule is CCC1=NC(C(C)(C)C)C(C(C)C)=C2CC(CNS(=O)(=O)C3CC3)CN12. The van der Waals surface area contributed by atoms with E-state index < -0.39 is 10.0 Å². The van der Waals surface area contributed by atoms with Crippen LogP contribution in [0.3, 0.4) is 0 Å². The average molecular weight is 382 g/mol. The van der Waals surface area contributed by atoms with Gasteiger partial charge in [-0.15, -0.1) is 0 Å². The fourth-order valence-corrected chi connectivity index (χ4v) is 5.72. The summed E-state index contributed by atoms with van der Waals surface area (Å²) in [5.74, 6) is 1.93. The lowest BCUT2D eigenvalue weighted by Crippen LogP contribution is -2.41. The molecule has 3 rings (SSSR count). The Kier molecular flexibility index (Phi) is 5.30. The molecule has 1 saturated heterocycles. The summed E-state index contributed by atoms with van der Waals surface area (Å²) < 4.78 is 27.2. The first-order valence-electron chi connectivity index (χ1n) is 10.1. The first-order valence-corrected chi connectivity index (χ1v) is 11.6. The zero-order valence-electron chi connectivity index (χ0n) is 17.2. The molecule has 3 aliphatic rings. The van der Waals surface area contributed by atoms with E-state index in [4.69, 9.17) is 4.99 Å². The van der Waals surface area contributed by atoms with Gasteiger partial charge in [0.15, 0.2) is 0 Å². The maximum atomic E-state index is 12.2. The number of amidine groups is 1. The van der Waals surface area contributed by atoms with Gasteiger partial charge in [0.2, 0.25) is 10.0 Å². The Morgan fingerprint density at radius 3 is 2.42 bits per heavy atom. The molecule has 6 heteroatoms. The number of hydrogen-bond donors (Lipinski definition) is 1. The van der Waals surface area contributed by atoms with Gasteiger partial charge in [-0.2, -0.15) is 0 Å². The third-order valence-electron chi connectivity index (χ3n) is 5.76. The van der Waals surface area contributed by atoms with E-state index in [0.29, 0.717) is 18.4 Å². The number of hydrogen-bond acceptors (Lipinski definition) is 4. The van der Waals surface area contributed by atoms with Gasteiger partial charge in [0.05, 0.1) is 11.3 Å². The summed E-state index contributed by atoms with van der Waals surface area (Å²) in [6.07, 6.45) is 3.50. The monoisotopic (exact) mass is 381 g/mol. The third-order valence-corrected chi connectivity index (χ3v) is 7.68. The Morgan fingerprint density at radius 1 is 1.27 bits per heavy atom. The fraction of sp³-hybridized carbons (Fsp3) is 0.850. The van der Waals surface area contributed by atoms with E-state index in [1.807, 2.05) is 0 Å². The predicted octanol–water partition coefficient (Wildman–Crippen LogP) is 3.54. The van der Waals surface area contributed by atoms with Gasteiger partial charge in [0.25, 0.3) is 0 Å². The van der Waals surface area contributed by atoms with Gasteiger partial charge in [-0.05, 0) is 42.1 Å². The van der Waals surface area contributed by atoms with Crippen molar-refractivity contribution >= 4 is 15.9 Å². The van der Waals surface area contributed by atoms with E-state index in [-0.39, 0.29) is 16.7 Å². The van der Waals surface area contributed by atoms with Crippen LogP contribution in [-0.4, -0.2) is 43.5 Å². The van der Waals surface area contributed by atoms with Gasteiger partial charge in [0, 0.05) is 25.2 Å². The van der Waals surface area contributed by atoms with E-state index in [1.165, 1.54) is 11.3 Å². The number of sulfonamides is 1. The van der Waals surface area contributed by atoms with Crippen molar-refractivity contribution in [2.24, 2.45) is 22.2 Å². The number of nitrogens with one attached hydrogen (secondary N) is 1. The van der Waals surface area contributed by atoms with Crippen LogP contribution in [0.15, 0.2) is 16.3 Å². The lowest BCUT2D eigenvalue weighted by atomic mass is 9.76. The van der Waals surface area contributed by atoms with Crippen molar-refractivity contribution in [2.45, 2.75) is 78.5 Å². The minimum atomic E-state index is -3.11. The Bertz CT molecular complexity index is 712. The lowest BCUT2D eigenvalue weighted by Gasteiger charge is -2.40. The first-order chi connectivity index (χ1) is 12.0. The van der Waals surface area contributed by atoms with Crippen LogP contribution in [0.4, 0.5) is 0 Å². The van der Waals surface area contributed by atoms with E-state index in [9.17, 15) is 8.42 Å². The Hall–Kier alpha value is -0.880. The van der Waals surface area contributed by atoms with E-state index in [0.717, 1.165) is 38.1 Å². The lowest BCUT2D eigenvalue weighted by molar-refractivity contribution is 0.321. The maximum absolute atomic E-state index is 12.2. The largest absolute Gasteiger partial charge is 0.334 e. The minimum Gasteiger partial charge on any atom is -0.334 e. The fourth-order valence-electron chi connectivity index (χ4n) is 4.26. The molecule has 2 aliphatic heterocycles. The molecule has 26 heavy (non-hydrogen) atoms. The summed E-state index contributed by atoms with van der Waals surface area (Å²) in [5.41, 5.74) is 2.94. The molecule has 0 aromatic heterocycles. The minimum absolute atomic E-state index is 0.0881. The molecule has 2 atom stereocenters. The standard InChI is InChI=1S/C20H35N3O2S/c1-7-17-22-19(20(4,5)6)18(13(2)3)16-10-14(12-23(16)17)11-21-26(24,25)15-8-9-15/h13-15,19,21H,7-12H2,1-6H3. The van der Waals surface area contributed by atoms with Crippen LogP contribution in [0.2, 0.25) is 0 Å². The molecule has 0 amide bonds. The molecule has 2 unspecified atom stereocenters. The molecule has 0 spiro atoms. The van der Waals surface area contributed by atoms with Crippen LogP contribution < -0.4 is 4.72 Å². The molecule has 0 aromatic carbocycles. The van der Waals surface area contributed by atoms with Crippen molar-refractivity contribution in [2.75, 3.05) is 13.1 Å². The van der Waals surface area contributed by atoms with Gasteiger partial charge in [0.1, 0.15) is 5.84 Å². The molecule has 0 aromatic rings. The molecule has 148 valence electrons. The van der Waals surface area contributed by atoms with Crippen molar-refractivity contribution < 1.29 is 8.42 Å². The van der Waals surface area contributed by atoms with Crippen molar-refractivity contribution in [1.82, 2.24) is 9.62 Å². The number of fused-ring (bicyclic) bond motifs is 1. The Balaban J connectivity index is 1.84. The molecule has 1 aliphatic carbocycles. The first kappa shape index (κ1) is 19.9. The van der Waals surface area contributed by atoms with Gasteiger partial charge in [-0.25, -0.2) is 13.1 Å². The highest BCUT2D eigenvalue weighted by atomic mass is 32.2. The molecule has 0 radical (unpaired) electrons. The van der Waals surface area contributed by atoms with E-state index >= 15 is 0 Å². The van der Waals surface area contributed by atoms with Crippen LogP contribution in [0, 0.1) is 17.3 Å². The van der Waals surface area contributed by atoms with Crippen molar-refractivity contribution in [3.05, 3.63) is 11.3 Å². The van der Waals surface area contributed by atoms with Crippen LogP contribution >= 0.6 is 0 Å². The van der Waals surface area contributed by atoms with Gasteiger partial charge >= 0.3 is 0 Å². The molecule has 1 N–H and O–H groups in total. The molecule has 0 bridgehead atoms. The number of rotatable bonds is 6. The van der Waals surface area contributed by atoms with E-state index in [1.54, 1.807) is 0 Å². The highest BCUT2D eigenvalue weighted by Crippen LogP contribution is 2.43. The summed E-state index contributed by atoms with van der Waals surface area (Å²) in [4.78, 5) is 7.53. The van der Waals surface area contributed by atoms with Crippen molar-refractivity contribution in [1.29, 1.82) is 0 Å². The zero-order chi connectivity index (χ0) is 19.3. The Labute approximate surface area is 159 Å². The summed E-state index contributed by atoms with van der Waals surface area (Å²) in [6.45, 7) is 14.9. The zero-order valence-corrected chi connectivity index (χ0v) is 18.0. The average Bonchev–Trinajstić information content (AvgIpc) is 3.31. The second-order valence-electron chi connectivity index (χ2n) is 9.50. The van der Waals surface area contributed by atoms with E-state index in [2.05, 4.69) is 51.2 Å². The van der Waals surface area contributed by atoms with Crippen molar-refractivity contribution in [3.63, 3.8) is 0 Å². The van der Waals surface area contributed by atoms with Crippen LogP contribution in [0.25, 0.3) is 0 Å².